The molecule has 0 aromatic heterocycles. The molecule has 5 heteroatoms. The molecule has 0 bridgehead atoms. The van der Waals surface area contributed by atoms with E-state index in [0.29, 0.717) is 17.9 Å². The summed E-state index contributed by atoms with van der Waals surface area (Å²) in [6, 6.07) is 5.54. The summed E-state index contributed by atoms with van der Waals surface area (Å²) in [7, 11) is 1.57. The summed E-state index contributed by atoms with van der Waals surface area (Å²) in [5.74, 6) is 0.515. The molecule has 0 radical (unpaired) electrons. The smallest absolute Gasteiger partial charge is 0.257 e. The molecule has 90 valence electrons. The minimum Gasteiger partial charge on any atom is -0.483 e. The third-order valence-corrected chi connectivity index (χ3v) is 2.81. The molecule has 0 saturated heterocycles. The fourth-order valence-corrected chi connectivity index (χ4v) is 1.93. The minimum atomic E-state index is -0.170. The Morgan fingerprint density at radius 1 is 1.53 bits per heavy atom. The molecule has 0 atom stereocenters. The lowest BCUT2D eigenvalue weighted by molar-refractivity contribution is -0.122. The van der Waals surface area contributed by atoms with Gasteiger partial charge in [0.15, 0.2) is 6.61 Å². The topological polar surface area (TPSA) is 70.9 Å². The van der Waals surface area contributed by atoms with E-state index in [2.05, 4.69) is 10.5 Å². The van der Waals surface area contributed by atoms with E-state index >= 15 is 0 Å². The van der Waals surface area contributed by atoms with Gasteiger partial charge >= 0.3 is 0 Å². The molecular formula is C12H14N2O3. The quantitative estimate of drug-likeness (QED) is 0.604. The Kier molecular flexibility index (Phi) is 3.27. The van der Waals surface area contributed by atoms with Crippen molar-refractivity contribution in [2.24, 2.45) is 5.16 Å². The standard InChI is InChI=1S/C12H14N2O3/c1-13-12(15)7-17-11-4-2-3-8-9(11)5-6-10(8)14-16/h2-4,16H,5-7H2,1H3,(H,13,15). The van der Waals surface area contributed by atoms with E-state index in [1.165, 1.54) is 0 Å². The number of carbonyl (C=O) groups is 1. The molecule has 1 aliphatic carbocycles. The van der Waals surface area contributed by atoms with Gasteiger partial charge in [-0.25, -0.2) is 0 Å². The summed E-state index contributed by atoms with van der Waals surface area (Å²) in [4.78, 5) is 11.1. The molecule has 0 heterocycles. The lowest BCUT2D eigenvalue weighted by atomic mass is 10.1. The molecule has 2 rings (SSSR count). The van der Waals surface area contributed by atoms with Crippen molar-refractivity contribution in [2.75, 3.05) is 13.7 Å². The van der Waals surface area contributed by atoms with Gasteiger partial charge in [-0.3, -0.25) is 4.79 Å². The van der Waals surface area contributed by atoms with Crippen LogP contribution in [0.25, 0.3) is 0 Å². The first-order chi connectivity index (χ1) is 8.26. The second-order valence-electron chi connectivity index (χ2n) is 3.79. The predicted molar refractivity (Wildman–Crippen MR) is 62.6 cm³/mol. The first-order valence-electron chi connectivity index (χ1n) is 5.43. The van der Waals surface area contributed by atoms with Gasteiger partial charge in [0.2, 0.25) is 0 Å². The number of likely N-dealkylation sites (N-methyl/N-ethyl adjacent to an activating group) is 1. The number of hydrogen-bond donors (Lipinski definition) is 2. The van der Waals surface area contributed by atoms with Crippen molar-refractivity contribution in [1.82, 2.24) is 5.32 Å². The number of oxime groups is 1. The van der Waals surface area contributed by atoms with E-state index in [4.69, 9.17) is 9.94 Å². The fourth-order valence-electron chi connectivity index (χ4n) is 1.93. The first-order valence-corrected chi connectivity index (χ1v) is 5.43. The maximum absolute atomic E-state index is 11.1. The zero-order chi connectivity index (χ0) is 12.3. The van der Waals surface area contributed by atoms with E-state index < -0.39 is 0 Å². The van der Waals surface area contributed by atoms with E-state index in [1.54, 1.807) is 7.05 Å². The van der Waals surface area contributed by atoms with Crippen LogP contribution in [0.2, 0.25) is 0 Å². The van der Waals surface area contributed by atoms with Gasteiger partial charge in [0, 0.05) is 18.2 Å². The molecule has 1 aliphatic rings. The van der Waals surface area contributed by atoms with Crippen LogP contribution in [0.4, 0.5) is 0 Å². The Hall–Kier alpha value is -2.04. The number of benzene rings is 1. The van der Waals surface area contributed by atoms with Gasteiger partial charge in [-0.05, 0) is 18.9 Å². The van der Waals surface area contributed by atoms with Crippen molar-refractivity contribution in [1.29, 1.82) is 0 Å². The van der Waals surface area contributed by atoms with Crippen LogP contribution in [0.15, 0.2) is 23.4 Å². The number of ether oxygens (including phenoxy) is 1. The molecule has 1 amide bonds. The first kappa shape index (κ1) is 11.4. The average molecular weight is 234 g/mol. The number of nitrogens with zero attached hydrogens (tertiary/aromatic N) is 1. The van der Waals surface area contributed by atoms with E-state index in [9.17, 15) is 4.79 Å². The SMILES string of the molecule is CNC(=O)COc1cccc2c1CCC2=NO. The van der Waals surface area contributed by atoms with E-state index in [0.717, 1.165) is 17.5 Å². The number of hydrogen-bond acceptors (Lipinski definition) is 4. The van der Waals surface area contributed by atoms with Crippen LogP contribution in [0.1, 0.15) is 17.5 Å². The Labute approximate surface area is 99.1 Å². The van der Waals surface area contributed by atoms with E-state index in [-0.39, 0.29) is 12.5 Å². The molecule has 0 spiro atoms. The van der Waals surface area contributed by atoms with Gasteiger partial charge in [0.05, 0.1) is 5.71 Å². The number of amides is 1. The molecule has 1 aromatic carbocycles. The van der Waals surface area contributed by atoms with Crippen molar-refractivity contribution in [3.05, 3.63) is 29.3 Å². The molecule has 0 fully saturated rings. The summed E-state index contributed by atoms with van der Waals surface area (Å²) >= 11 is 0. The van der Waals surface area contributed by atoms with Crippen LogP contribution >= 0.6 is 0 Å². The van der Waals surface area contributed by atoms with Gasteiger partial charge < -0.3 is 15.3 Å². The summed E-state index contributed by atoms with van der Waals surface area (Å²) in [6.45, 7) is -0.00143. The molecule has 5 nitrogen and oxygen atoms in total. The van der Waals surface area contributed by atoms with Gasteiger partial charge in [0.25, 0.3) is 5.91 Å². The second-order valence-corrected chi connectivity index (χ2v) is 3.79. The fraction of sp³-hybridized carbons (Fsp3) is 0.333. The second kappa shape index (κ2) is 4.86. The van der Waals surface area contributed by atoms with Crippen molar-refractivity contribution < 1.29 is 14.7 Å². The van der Waals surface area contributed by atoms with Gasteiger partial charge in [-0.15, -0.1) is 0 Å². The van der Waals surface area contributed by atoms with Crippen LogP contribution in [0, 0.1) is 0 Å². The molecule has 17 heavy (non-hydrogen) atoms. The van der Waals surface area contributed by atoms with Crippen LogP contribution in [-0.2, 0) is 11.2 Å². The maximum Gasteiger partial charge on any atom is 0.257 e. The largest absolute Gasteiger partial charge is 0.483 e. The molecule has 0 aliphatic heterocycles. The summed E-state index contributed by atoms with van der Waals surface area (Å²) in [5.41, 5.74) is 2.58. The minimum absolute atomic E-state index is 0.00143. The summed E-state index contributed by atoms with van der Waals surface area (Å²) in [6.07, 6.45) is 1.48. The zero-order valence-corrected chi connectivity index (χ0v) is 9.56. The summed E-state index contributed by atoms with van der Waals surface area (Å²) in [5, 5.41) is 14.6. The zero-order valence-electron chi connectivity index (χ0n) is 9.56. The van der Waals surface area contributed by atoms with Crippen molar-refractivity contribution >= 4 is 11.6 Å². The molecule has 2 N–H and O–H groups in total. The Morgan fingerprint density at radius 3 is 3.06 bits per heavy atom. The maximum atomic E-state index is 11.1. The third kappa shape index (κ3) is 2.22. The Balaban J connectivity index is 2.20. The van der Waals surface area contributed by atoms with Gasteiger partial charge in [-0.2, -0.15) is 0 Å². The Bertz CT molecular complexity index is 469. The van der Waals surface area contributed by atoms with E-state index in [1.807, 2.05) is 18.2 Å². The lowest BCUT2D eigenvalue weighted by Gasteiger charge is -2.09. The van der Waals surface area contributed by atoms with Crippen LogP contribution in [-0.4, -0.2) is 30.5 Å². The number of fused-ring (bicyclic) bond motifs is 1. The van der Waals surface area contributed by atoms with Gasteiger partial charge in [0.1, 0.15) is 5.75 Å². The highest BCUT2D eigenvalue weighted by atomic mass is 16.5. The predicted octanol–water partition coefficient (Wildman–Crippen LogP) is 0.936. The van der Waals surface area contributed by atoms with Gasteiger partial charge in [-0.1, -0.05) is 17.3 Å². The number of nitrogens with one attached hydrogen (secondary N) is 1. The highest BCUT2D eigenvalue weighted by molar-refractivity contribution is 6.04. The third-order valence-electron chi connectivity index (χ3n) is 2.81. The normalized spacial score (nSPS) is 15.7. The molecular weight excluding hydrogens is 220 g/mol. The highest BCUT2D eigenvalue weighted by Crippen LogP contribution is 2.30. The van der Waals surface area contributed by atoms with Crippen molar-refractivity contribution in [2.45, 2.75) is 12.8 Å². The molecule has 0 unspecified atom stereocenters. The Morgan fingerprint density at radius 2 is 2.35 bits per heavy atom. The monoisotopic (exact) mass is 234 g/mol. The molecule has 0 saturated carbocycles. The lowest BCUT2D eigenvalue weighted by Crippen LogP contribution is -2.25. The average Bonchev–Trinajstić information content (AvgIpc) is 2.79. The van der Waals surface area contributed by atoms with Crippen LogP contribution < -0.4 is 10.1 Å². The molecule has 1 aromatic rings. The van der Waals surface area contributed by atoms with Crippen molar-refractivity contribution in [3.63, 3.8) is 0 Å². The summed E-state index contributed by atoms with van der Waals surface area (Å²) < 4.78 is 5.45. The highest BCUT2D eigenvalue weighted by Gasteiger charge is 2.21. The van der Waals surface area contributed by atoms with Crippen LogP contribution in [0.3, 0.4) is 0 Å². The number of carbonyl (C=O) groups excluding carboxylic acids is 1. The van der Waals surface area contributed by atoms with Crippen molar-refractivity contribution in [3.8, 4) is 5.75 Å². The number of rotatable bonds is 3. The van der Waals surface area contributed by atoms with Crippen LogP contribution in [0.5, 0.6) is 5.75 Å².